The summed E-state index contributed by atoms with van der Waals surface area (Å²) in [4.78, 5) is 47.9. The van der Waals surface area contributed by atoms with Crippen LogP contribution in [0.3, 0.4) is 0 Å². The lowest BCUT2D eigenvalue weighted by Gasteiger charge is -2.21. The van der Waals surface area contributed by atoms with Crippen molar-refractivity contribution in [2.24, 2.45) is 5.92 Å². The van der Waals surface area contributed by atoms with E-state index in [0.29, 0.717) is 19.0 Å². The number of rotatable bonds is 10. The number of carbonyl (C=O) groups excluding carboxylic acids is 3. The Morgan fingerprint density at radius 1 is 1.36 bits per heavy atom. The minimum atomic E-state index is -0.770. The average molecular weight is 412 g/mol. The maximum absolute atomic E-state index is 12.2. The van der Waals surface area contributed by atoms with Gasteiger partial charge in [0.15, 0.2) is 6.61 Å². The summed E-state index contributed by atoms with van der Waals surface area (Å²) < 4.78 is 4.93. The van der Waals surface area contributed by atoms with Gasteiger partial charge in [0.1, 0.15) is 11.6 Å². The van der Waals surface area contributed by atoms with Crippen molar-refractivity contribution in [2.45, 2.75) is 26.2 Å². The minimum Gasteiger partial charge on any atom is -0.454 e. The van der Waals surface area contributed by atoms with Gasteiger partial charge in [-0.25, -0.2) is 0 Å². The Kier molecular flexibility index (Phi) is 7.74. The van der Waals surface area contributed by atoms with Crippen LogP contribution in [0.1, 0.15) is 36.5 Å². The number of hydrogen-bond donors (Lipinski definition) is 1. The average Bonchev–Trinajstić information content (AvgIpc) is 3.48. The molecule has 1 aliphatic rings. The lowest BCUT2D eigenvalue weighted by Crippen LogP contribution is -2.38. The Morgan fingerprint density at radius 2 is 2.07 bits per heavy atom. The van der Waals surface area contributed by atoms with E-state index in [2.05, 4.69) is 5.32 Å². The van der Waals surface area contributed by atoms with Gasteiger partial charge < -0.3 is 15.0 Å². The standard InChI is InChI=1S/C18H22ClN3O6/c1-2-7-21(10-12-3-4-12)16(23)11-28-17(24)9-20-18(25)13-5-6-14(19)15(8-13)22(26)27/h5-6,8,12H,2-4,7,9-11H2,1H3,(H,20,25). The maximum Gasteiger partial charge on any atom is 0.325 e. The van der Waals surface area contributed by atoms with Crippen molar-refractivity contribution in [2.75, 3.05) is 26.2 Å². The molecule has 1 aromatic carbocycles. The third-order valence-corrected chi connectivity index (χ3v) is 4.50. The Balaban J connectivity index is 1.79. The van der Waals surface area contributed by atoms with Crippen LogP contribution in [-0.2, 0) is 14.3 Å². The van der Waals surface area contributed by atoms with Crippen molar-refractivity contribution in [1.29, 1.82) is 0 Å². The number of nitrogens with zero attached hydrogens (tertiary/aromatic N) is 2. The Labute approximate surface area is 167 Å². The van der Waals surface area contributed by atoms with Crippen LogP contribution in [0.5, 0.6) is 0 Å². The number of hydrogen-bond acceptors (Lipinski definition) is 6. The monoisotopic (exact) mass is 411 g/mol. The van der Waals surface area contributed by atoms with Crippen molar-refractivity contribution in [3.63, 3.8) is 0 Å². The fraction of sp³-hybridized carbons (Fsp3) is 0.500. The van der Waals surface area contributed by atoms with E-state index in [4.69, 9.17) is 16.3 Å². The van der Waals surface area contributed by atoms with E-state index in [-0.39, 0.29) is 23.1 Å². The molecule has 1 N–H and O–H groups in total. The molecule has 0 saturated heterocycles. The van der Waals surface area contributed by atoms with Gasteiger partial charge in [-0.3, -0.25) is 24.5 Å². The molecule has 1 aromatic rings. The molecule has 0 aliphatic heterocycles. The zero-order valence-electron chi connectivity index (χ0n) is 15.5. The van der Waals surface area contributed by atoms with E-state index < -0.39 is 29.0 Å². The van der Waals surface area contributed by atoms with Crippen LogP contribution in [-0.4, -0.2) is 53.8 Å². The number of nitro groups is 1. The molecule has 28 heavy (non-hydrogen) atoms. The second-order valence-corrected chi connectivity index (χ2v) is 6.96. The molecule has 0 unspecified atom stereocenters. The first-order valence-corrected chi connectivity index (χ1v) is 9.35. The molecule has 1 aliphatic carbocycles. The topological polar surface area (TPSA) is 119 Å². The van der Waals surface area contributed by atoms with Gasteiger partial charge in [-0.1, -0.05) is 18.5 Å². The molecule has 10 heteroatoms. The fourth-order valence-corrected chi connectivity index (χ4v) is 2.72. The van der Waals surface area contributed by atoms with Crippen LogP contribution in [0.15, 0.2) is 18.2 Å². The van der Waals surface area contributed by atoms with Crippen LogP contribution >= 0.6 is 11.6 Å². The lowest BCUT2D eigenvalue weighted by molar-refractivity contribution is -0.384. The minimum absolute atomic E-state index is 0.0152. The van der Waals surface area contributed by atoms with Gasteiger partial charge in [0, 0.05) is 24.7 Å². The van der Waals surface area contributed by atoms with Crippen LogP contribution in [0.2, 0.25) is 5.02 Å². The van der Waals surface area contributed by atoms with Gasteiger partial charge in [-0.05, 0) is 37.3 Å². The highest BCUT2D eigenvalue weighted by molar-refractivity contribution is 6.32. The molecule has 0 atom stereocenters. The summed E-state index contributed by atoms with van der Waals surface area (Å²) in [6.45, 7) is 2.41. The lowest BCUT2D eigenvalue weighted by atomic mass is 10.2. The van der Waals surface area contributed by atoms with Crippen molar-refractivity contribution < 1.29 is 24.0 Å². The summed E-state index contributed by atoms with van der Waals surface area (Å²) in [6.07, 6.45) is 3.04. The summed E-state index contributed by atoms with van der Waals surface area (Å²) in [5.41, 5.74) is -0.423. The fourth-order valence-electron chi connectivity index (χ4n) is 2.53. The highest BCUT2D eigenvalue weighted by atomic mass is 35.5. The second-order valence-electron chi connectivity index (χ2n) is 6.55. The molecular formula is C18H22ClN3O6. The Hall–Kier alpha value is -2.68. The van der Waals surface area contributed by atoms with Crippen LogP contribution in [0.25, 0.3) is 0 Å². The number of ether oxygens (including phenoxy) is 1. The first-order valence-electron chi connectivity index (χ1n) is 8.97. The summed E-state index contributed by atoms with van der Waals surface area (Å²) in [5, 5.41) is 13.1. The van der Waals surface area contributed by atoms with E-state index in [1.54, 1.807) is 4.90 Å². The van der Waals surface area contributed by atoms with Crippen LogP contribution in [0.4, 0.5) is 5.69 Å². The molecule has 0 radical (unpaired) electrons. The predicted molar refractivity (Wildman–Crippen MR) is 101 cm³/mol. The summed E-state index contributed by atoms with van der Waals surface area (Å²) in [6, 6.07) is 3.56. The zero-order valence-corrected chi connectivity index (χ0v) is 16.2. The number of amides is 2. The number of nitro benzene ring substituents is 1. The van der Waals surface area contributed by atoms with Crippen molar-refractivity contribution >= 4 is 35.1 Å². The zero-order chi connectivity index (χ0) is 20.7. The van der Waals surface area contributed by atoms with Gasteiger partial charge in [-0.15, -0.1) is 0 Å². The van der Waals surface area contributed by atoms with E-state index in [0.717, 1.165) is 25.3 Å². The number of esters is 1. The number of carbonyl (C=O) groups is 3. The summed E-state index contributed by atoms with van der Waals surface area (Å²) >= 11 is 5.69. The van der Waals surface area contributed by atoms with Crippen molar-refractivity contribution in [3.05, 3.63) is 38.9 Å². The largest absolute Gasteiger partial charge is 0.454 e. The summed E-state index contributed by atoms with van der Waals surface area (Å²) in [5.74, 6) is -1.19. The molecule has 0 aromatic heterocycles. The molecule has 0 bridgehead atoms. The number of halogens is 1. The van der Waals surface area contributed by atoms with E-state index in [1.165, 1.54) is 12.1 Å². The van der Waals surface area contributed by atoms with E-state index in [9.17, 15) is 24.5 Å². The smallest absolute Gasteiger partial charge is 0.325 e. The van der Waals surface area contributed by atoms with E-state index >= 15 is 0 Å². The van der Waals surface area contributed by atoms with Gasteiger partial charge >= 0.3 is 5.97 Å². The van der Waals surface area contributed by atoms with Crippen LogP contribution in [0, 0.1) is 16.0 Å². The molecule has 1 fully saturated rings. The molecule has 2 rings (SSSR count). The maximum atomic E-state index is 12.2. The molecule has 0 spiro atoms. The molecule has 2 amide bonds. The molecule has 9 nitrogen and oxygen atoms in total. The van der Waals surface area contributed by atoms with Gasteiger partial charge in [0.2, 0.25) is 0 Å². The van der Waals surface area contributed by atoms with Gasteiger partial charge in [-0.2, -0.15) is 0 Å². The quantitative estimate of drug-likeness (QED) is 0.358. The van der Waals surface area contributed by atoms with Gasteiger partial charge in [0.25, 0.3) is 17.5 Å². The second kappa shape index (κ2) is 10.0. The molecule has 1 saturated carbocycles. The van der Waals surface area contributed by atoms with E-state index in [1.807, 2.05) is 6.92 Å². The van der Waals surface area contributed by atoms with Crippen molar-refractivity contribution in [3.8, 4) is 0 Å². The summed E-state index contributed by atoms with van der Waals surface area (Å²) in [7, 11) is 0. The Bertz CT molecular complexity index is 766. The first-order chi connectivity index (χ1) is 13.3. The number of nitrogens with one attached hydrogen (secondary N) is 1. The molecular weight excluding hydrogens is 390 g/mol. The highest BCUT2D eigenvalue weighted by Crippen LogP contribution is 2.29. The number of benzene rings is 1. The molecule has 152 valence electrons. The predicted octanol–water partition coefficient (Wildman–Crippen LogP) is 2.17. The van der Waals surface area contributed by atoms with Crippen LogP contribution < -0.4 is 5.32 Å². The third kappa shape index (κ3) is 6.49. The normalized spacial score (nSPS) is 12.9. The Morgan fingerprint density at radius 3 is 2.68 bits per heavy atom. The SMILES string of the molecule is CCCN(CC1CC1)C(=O)COC(=O)CNC(=O)c1ccc(Cl)c([N+](=O)[O-])c1. The third-order valence-electron chi connectivity index (χ3n) is 4.18. The first kappa shape index (κ1) is 21.6. The van der Waals surface area contributed by atoms with Crippen molar-refractivity contribution in [1.82, 2.24) is 10.2 Å². The molecule has 0 heterocycles. The van der Waals surface area contributed by atoms with Gasteiger partial charge in [0.05, 0.1) is 4.92 Å². The highest BCUT2D eigenvalue weighted by Gasteiger charge is 2.26.